The Hall–Kier alpha value is -2.74. The van der Waals surface area contributed by atoms with Crippen molar-refractivity contribution < 1.29 is 29.3 Å². The fraction of sp³-hybridized carbons (Fsp3) is 0.500. The van der Waals surface area contributed by atoms with Gasteiger partial charge in [-0.15, -0.1) is 0 Å². The molecule has 2 aromatic rings. The number of ether oxygens (including phenoxy) is 2. The van der Waals surface area contributed by atoms with Gasteiger partial charge < -0.3 is 24.6 Å². The lowest BCUT2D eigenvalue weighted by Crippen LogP contribution is -2.42. The van der Waals surface area contributed by atoms with Crippen LogP contribution in [0.25, 0.3) is 0 Å². The van der Waals surface area contributed by atoms with Crippen molar-refractivity contribution in [2.24, 2.45) is 5.92 Å². The summed E-state index contributed by atoms with van der Waals surface area (Å²) in [6.07, 6.45) is 2.14. The van der Waals surface area contributed by atoms with Crippen LogP contribution in [0.5, 0.6) is 0 Å². The number of aliphatic hydroxyl groups excluding tert-OH is 2. The first-order valence-corrected chi connectivity index (χ1v) is 12.0. The molecule has 0 aliphatic carbocycles. The first-order valence-electron chi connectivity index (χ1n) is 12.0. The lowest BCUT2D eigenvalue weighted by atomic mass is 9.68. The van der Waals surface area contributed by atoms with Gasteiger partial charge in [0, 0.05) is 6.54 Å². The molecule has 2 rings (SSSR count). The molecule has 1 atom stereocenters. The Labute approximate surface area is 208 Å². The number of likely N-dealkylation sites (N-methyl/N-ethyl adjacent to an activating group) is 1. The predicted octanol–water partition coefficient (Wildman–Crippen LogP) is 3.48. The fourth-order valence-corrected chi connectivity index (χ4v) is 4.64. The highest BCUT2D eigenvalue weighted by Gasteiger charge is 2.44. The van der Waals surface area contributed by atoms with Crippen LogP contribution in [0.3, 0.4) is 0 Å². The van der Waals surface area contributed by atoms with Gasteiger partial charge in [-0.2, -0.15) is 0 Å². The van der Waals surface area contributed by atoms with E-state index < -0.39 is 5.41 Å². The Balaban J connectivity index is 2.12. The minimum absolute atomic E-state index is 0.0344. The number of carbonyl (C=O) groups excluding carboxylic acids is 2. The predicted molar refractivity (Wildman–Crippen MR) is 135 cm³/mol. The number of esters is 2. The van der Waals surface area contributed by atoms with Gasteiger partial charge >= 0.3 is 11.9 Å². The summed E-state index contributed by atoms with van der Waals surface area (Å²) in [5.41, 5.74) is 2.80. The van der Waals surface area contributed by atoms with Crippen LogP contribution in [-0.2, 0) is 39.3 Å². The van der Waals surface area contributed by atoms with Crippen LogP contribution in [0.1, 0.15) is 59.3 Å². The molecule has 0 saturated heterocycles. The molecule has 0 radical (unpaired) electrons. The van der Waals surface area contributed by atoms with Gasteiger partial charge in [0.05, 0.1) is 38.4 Å². The summed E-state index contributed by atoms with van der Waals surface area (Å²) in [7, 11) is 4.82. The van der Waals surface area contributed by atoms with Gasteiger partial charge in [0.15, 0.2) is 0 Å². The zero-order valence-electron chi connectivity index (χ0n) is 21.5. The van der Waals surface area contributed by atoms with Crippen LogP contribution in [-0.4, -0.2) is 61.4 Å². The standard InChI is InChI=1S/C28H39NO6/c1-20(2)28(27(33)35-5,25-11-10-23(18-30)24(17-25)19-31)13-7-14-29(3)15-12-21-8-6-9-22(16-21)26(32)34-4/h6,8-11,16-17,20,30-31H,7,12-15,18-19H2,1-5H3. The third-order valence-electron chi connectivity index (χ3n) is 6.84. The highest BCUT2D eigenvalue weighted by atomic mass is 16.5. The van der Waals surface area contributed by atoms with Crippen molar-refractivity contribution in [3.63, 3.8) is 0 Å². The quantitative estimate of drug-likeness (QED) is 0.419. The van der Waals surface area contributed by atoms with Crippen molar-refractivity contribution >= 4 is 11.9 Å². The van der Waals surface area contributed by atoms with Crippen LogP contribution < -0.4 is 0 Å². The lowest BCUT2D eigenvalue weighted by molar-refractivity contribution is -0.150. The van der Waals surface area contributed by atoms with Crippen molar-refractivity contribution in [2.75, 3.05) is 34.4 Å². The van der Waals surface area contributed by atoms with E-state index in [1.165, 1.54) is 14.2 Å². The van der Waals surface area contributed by atoms with Crippen LogP contribution in [0.2, 0.25) is 0 Å². The van der Waals surface area contributed by atoms with Crippen molar-refractivity contribution in [2.45, 2.75) is 51.7 Å². The monoisotopic (exact) mass is 485 g/mol. The summed E-state index contributed by atoms with van der Waals surface area (Å²) in [5, 5.41) is 19.3. The number of aliphatic hydroxyl groups is 2. The Morgan fingerprint density at radius 1 is 0.971 bits per heavy atom. The van der Waals surface area contributed by atoms with E-state index >= 15 is 0 Å². The molecule has 0 saturated carbocycles. The van der Waals surface area contributed by atoms with Crippen LogP contribution in [0.15, 0.2) is 42.5 Å². The maximum atomic E-state index is 13.1. The van der Waals surface area contributed by atoms with E-state index in [4.69, 9.17) is 9.47 Å². The summed E-state index contributed by atoms with van der Waals surface area (Å²) < 4.78 is 10.1. The minimum Gasteiger partial charge on any atom is -0.468 e. The van der Waals surface area contributed by atoms with E-state index in [0.29, 0.717) is 23.1 Å². The fourth-order valence-electron chi connectivity index (χ4n) is 4.64. The number of carbonyl (C=O) groups is 2. The largest absolute Gasteiger partial charge is 0.468 e. The van der Waals surface area contributed by atoms with Crippen LogP contribution in [0.4, 0.5) is 0 Å². The van der Waals surface area contributed by atoms with Gasteiger partial charge in [-0.25, -0.2) is 4.79 Å². The molecule has 2 aromatic carbocycles. The van der Waals surface area contributed by atoms with E-state index in [1.54, 1.807) is 12.1 Å². The summed E-state index contributed by atoms with van der Waals surface area (Å²) in [4.78, 5) is 27.1. The molecule has 0 amide bonds. The third-order valence-corrected chi connectivity index (χ3v) is 6.84. The van der Waals surface area contributed by atoms with Gasteiger partial charge in [0.25, 0.3) is 0 Å². The van der Waals surface area contributed by atoms with Gasteiger partial charge in [-0.3, -0.25) is 4.79 Å². The molecule has 0 aliphatic rings. The highest BCUT2D eigenvalue weighted by Crippen LogP contribution is 2.39. The smallest absolute Gasteiger partial charge is 0.337 e. The zero-order chi connectivity index (χ0) is 26.0. The second-order valence-corrected chi connectivity index (χ2v) is 9.27. The topological polar surface area (TPSA) is 96.3 Å². The maximum absolute atomic E-state index is 13.1. The number of hydrogen-bond acceptors (Lipinski definition) is 7. The first kappa shape index (κ1) is 28.5. The van der Waals surface area contributed by atoms with Gasteiger partial charge in [0.2, 0.25) is 0 Å². The van der Waals surface area contributed by atoms with E-state index in [9.17, 15) is 19.8 Å². The molecule has 2 N–H and O–H groups in total. The Kier molecular flexibility index (Phi) is 10.9. The van der Waals surface area contributed by atoms with Gasteiger partial charge in [-0.05, 0) is 73.2 Å². The molecule has 1 unspecified atom stereocenters. The van der Waals surface area contributed by atoms with Crippen molar-refractivity contribution in [3.05, 3.63) is 70.3 Å². The maximum Gasteiger partial charge on any atom is 0.337 e. The van der Waals surface area contributed by atoms with Gasteiger partial charge in [0.1, 0.15) is 0 Å². The number of benzene rings is 2. The molecule has 35 heavy (non-hydrogen) atoms. The van der Waals surface area contributed by atoms with Crippen LogP contribution in [0, 0.1) is 5.92 Å². The average Bonchev–Trinajstić information content (AvgIpc) is 2.88. The minimum atomic E-state index is -0.859. The summed E-state index contributed by atoms with van der Waals surface area (Å²) in [6.45, 7) is 5.22. The Morgan fingerprint density at radius 3 is 2.29 bits per heavy atom. The molecule has 7 nitrogen and oxygen atoms in total. The number of rotatable bonds is 13. The summed E-state index contributed by atoms with van der Waals surface area (Å²) in [6, 6.07) is 12.9. The lowest BCUT2D eigenvalue weighted by Gasteiger charge is -2.36. The summed E-state index contributed by atoms with van der Waals surface area (Å²) >= 11 is 0. The van der Waals surface area contributed by atoms with Crippen molar-refractivity contribution in [1.82, 2.24) is 4.90 Å². The van der Waals surface area contributed by atoms with Crippen molar-refractivity contribution in [1.29, 1.82) is 0 Å². The van der Waals surface area contributed by atoms with Crippen LogP contribution >= 0.6 is 0 Å². The molecule has 0 aromatic heterocycles. The average molecular weight is 486 g/mol. The second kappa shape index (κ2) is 13.4. The van der Waals surface area contributed by atoms with E-state index in [2.05, 4.69) is 4.90 Å². The second-order valence-electron chi connectivity index (χ2n) is 9.27. The Morgan fingerprint density at radius 2 is 1.69 bits per heavy atom. The number of hydrogen-bond donors (Lipinski definition) is 2. The van der Waals surface area contributed by atoms with Gasteiger partial charge in [-0.1, -0.05) is 44.2 Å². The molecule has 0 fully saturated rings. The SMILES string of the molecule is COC(=O)c1cccc(CCN(C)CCCC(C(=O)OC)(c2ccc(CO)c(CO)c2)C(C)C)c1. The highest BCUT2D eigenvalue weighted by molar-refractivity contribution is 5.89. The number of nitrogens with zero attached hydrogens (tertiary/aromatic N) is 1. The summed E-state index contributed by atoms with van der Waals surface area (Å²) in [5.74, 6) is -0.673. The molecular weight excluding hydrogens is 446 g/mol. The molecule has 192 valence electrons. The molecular formula is C28H39NO6. The molecule has 0 heterocycles. The zero-order valence-corrected chi connectivity index (χ0v) is 21.5. The third kappa shape index (κ3) is 6.90. The Bertz CT molecular complexity index is 989. The van der Waals surface area contributed by atoms with E-state index in [-0.39, 0.29) is 31.1 Å². The first-order chi connectivity index (χ1) is 16.7. The van der Waals surface area contributed by atoms with E-state index in [1.807, 2.05) is 51.2 Å². The normalized spacial score (nSPS) is 13.1. The molecule has 0 aliphatic heterocycles. The molecule has 0 bridgehead atoms. The number of methoxy groups -OCH3 is 2. The molecule has 7 heteroatoms. The molecule has 0 spiro atoms. The van der Waals surface area contributed by atoms with Crippen molar-refractivity contribution in [3.8, 4) is 0 Å². The van der Waals surface area contributed by atoms with E-state index in [0.717, 1.165) is 37.1 Å².